The van der Waals surface area contributed by atoms with E-state index in [1.165, 1.54) is 10.3 Å². The fourth-order valence-electron chi connectivity index (χ4n) is 2.81. The first-order valence-corrected chi connectivity index (χ1v) is 10.6. The van der Waals surface area contributed by atoms with Crippen LogP contribution >= 0.6 is 15.9 Å². The summed E-state index contributed by atoms with van der Waals surface area (Å²) in [5, 5.41) is 1.17. The van der Waals surface area contributed by atoms with E-state index in [1.807, 2.05) is 13.0 Å². The van der Waals surface area contributed by atoms with E-state index in [0.717, 1.165) is 4.47 Å². The smallest absolute Gasteiger partial charge is 0.258 e. The van der Waals surface area contributed by atoms with Crippen molar-refractivity contribution in [2.45, 2.75) is 13.0 Å². The van der Waals surface area contributed by atoms with Crippen molar-refractivity contribution in [2.75, 3.05) is 17.3 Å². The van der Waals surface area contributed by atoms with Gasteiger partial charge in [-0.05, 0) is 55.5 Å². The van der Waals surface area contributed by atoms with Crippen molar-refractivity contribution in [2.24, 2.45) is 0 Å². The summed E-state index contributed by atoms with van der Waals surface area (Å²) in [6.45, 7) is 2.44. The van der Waals surface area contributed by atoms with Gasteiger partial charge in [-0.15, -0.1) is 0 Å². The van der Waals surface area contributed by atoms with Crippen molar-refractivity contribution in [3.05, 3.63) is 70.1 Å². The molecule has 5 nitrogen and oxygen atoms in total. The molecule has 0 aromatic heterocycles. The number of rotatable bonds is 5. The molecule has 0 unspecified atom stereocenters. The number of carbonyl (C=O) groups is 1. The van der Waals surface area contributed by atoms with Gasteiger partial charge >= 0.3 is 0 Å². The van der Waals surface area contributed by atoms with E-state index in [4.69, 9.17) is 4.74 Å². The minimum atomic E-state index is -3.30. The first-order valence-electron chi connectivity index (χ1n) is 8.12. The molecule has 0 N–H and O–H groups in total. The third-order valence-electron chi connectivity index (χ3n) is 3.96. The molecule has 1 atom stereocenters. The molecule has 2 aromatic rings. The number of hydrogen-bond donors (Lipinski definition) is 0. The molecular formula is C19H18BrNO4S. The molecule has 136 valence electrons. The molecule has 0 fully saturated rings. The highest BCUT2D eigenvalue weighted by molar-refractivity contribution is 9.10. The van der Waals surface area contributed by atoms with E-state index in [2.05, 4.69) is 15.9 Å². The third kappa shape index (κ3) is 4.16. The van der Waals surface area contributed by atoms with Crippen LogP contribution in [0.25, 0.3) is 0 Å². The van der Waals surface area contributed by atoms with Crippen LogP contribution < -0.4 is 9.64 Å². The van der Waals surface area contributed by atoms with Crippen LogP contribution in [0.2, 0.25) is 0 Å². The SMILES string of the molecule is CCOc1ccc(N(C(=O)c2cccc(Br)c2)[C@@H]2C=CS(=O)(=O)C2)cc1. The first kappa shape index (κ1) is 18.7. The average Bonchev–Trinajstić information content (AvgIpc) is 2.96. The molecule has 0 radical (unpaired) electrons. The van der Waals surface area contributed by atoms with Gasteiger partial charge in [0, 0.05) is 21.1 Å². The summed E-state index contributed by atoms with van der Waals surface area (Å²) in [5.41, 5.74) is 1.09. The maximum Gasteiger partial charge on any atom is 0.258 e. The van der Waals surface area contributed by atoms with Crippen molar-refractivity contribution in [1.29, 1.82) is 0 Å². The Balaban J connectivity index is 1.99. The Morgan fingerprint density at radius 2 is 1.96 bits per heavy atom. The number of anilines is 1. The molecular weight excluding hydrogens is 418 g/mol. The topological polar surface area (TPSA) is 63.7 Å². The first-order chi connectivity index (χ1) is 12.4. The zero-order chi connectivity index (χ0) is 18.7. The molecule has 1 heterocycles. The van der Waals surface area contributed by atoms with Crippen molar-refractivity contribution in [3.8, 4) is 5.75 Å². The number of carbonyl (C=O) groups excluding carboxylic acids is 1. The molecule has 0 saturated carbocycles. The van der Waals surface area contributed by atoms with Crippen LogP contribution in [0.1, 0.15) is 17.3 Å². The number of sulfone groups is 1. The van der Waals surface area contributed by atoms with E-state index in [9.17, 15) is 13.2 Å². The zero-order valence-electron chi connectivity index (χ0n) is 14.1. The van der Waals surface area contributed by atoms with Gasteiger partial charge in [-0.25, -0.2) is 8.42 Å². The lowest BCUT2D eigenvalue weighted by Crippen LogP contribution is -2.41. The van der Waals surface area contributed by atoms with Crippen LogP contribution in [0.15, 0.2) is 64.5 Å². The fourth-order valence-corrected chi connectivity index (χ4v) is 4.48. The molecule has 1 aliphatic heterocycles. The Morgan fingerprint density at radius 3 is 2.54 bits per heavy atom. The Morgan fingerprint density at radius 1 is 1.23 bits per heavy atom. The summed E-state index contributed by atoms with van der Waals surface area (Å²) >= 11 is 3.37. The maximum atomic E-state index is 13.2. The van der Waals surface area contributed by atoms with Crippen LogP contribution in [0.5, 0.6) is 5.75 Å². The molecule has 3 rings (SSSR count). The van der Waals surface area contributed by atoms with E-state index in [1.54, 1.807) is 48.5 Å². The quantitative estimate of drug-likeness (QED) is 0.715. The van der Waals surface area contributed by atoms with E-state index >= 15 is 0 Å². The number of benzene rings is 2. The lowest BCUT2D eigenvalue weighted by atomic mass is 10.1. The van der Waals surface area contributed by atoms with E-state index < -0.39 is 15.9 Å². The molecule has 0 aliphatic carbocycles. The van der Waals surface area contributed by atoms with E-state index in [0.29, 0.717) is 23.6 Å². The minimum Gasteiger partial charge on any atom is -0.494 e. The number of amides is 1. The summed E-state index contributed by atoms with van der Waals surface area (Å²) in [4.78, 5) is 14.7. The molecule has 7 heteroatoms. The number of hydrogen-bond acceptors (Lipinski definition) is 4. The van der Waals surface area contributed by atoms with Gasteiger partial charge in [0.1, 0.15) is 5.75 Å². The highest BCUT2D eigenvalue weighted by atomic mass is 79.9. The van der Waals surface area contributed by atoms with Gasteiger partial charge in [-0.1, -0.05) is 22.0 Å². The Hall–Kier alpha value is -2.12. The van der Waals surface area contributed by atoms with Gasteiger partial charge in [0.2, 0.25) is 0 Å². The monoisotopic (exact) mass is 435 g/mol. The van der Waals surface area contributed by atoms with Gasteiger partial charge in [0.25, 0.3) is 5.91 Å². The third-order valence-corrected chi connectivity index (χ3v) is 5.83. The predicted octanol–water partition coefficient (Wildman–Crippen LogP) is 3.81. The molecule has 26 heavy (non-hydrogen) atoms. The predicted molar refractivity (Wildman–Crippen MR) is 105 cm³/mol. The van der Waals surface area contributed by atoms with Crippen molar-refractivity contribution >= 4 is 37.4 Å². The number of ether oxygens (including phenoxy) is 1. The number of halogens is 1. The van der Waals surface area contributed by atoms with Crippen LogP contribution in [-0.2, 0) is 9.84 Å². The second-order valence-electron chi connectivity index (χ2n) is 5.84. The molecule has 1 aliphatic rings. The van der Waals surface area contributed by atoms with Gasteiger partial charge in [0.15, 0.2) is 9.84 Å². The summed E-state index contributed by atoms with van der Waals surface area (Å²) in [7, 11) is -3.30. The summed E-state index contributed by atoms with van der Waals surface area (Å²) in [6, 6.07) is 13.6. The van der Waals surface area contributed by atoms with Crippen LogP contribution in [0, 0.1) is 0 Å². The van der Waals surface area contributed by atoms with Crippen molar-refractivity contribution < 1.29 is 17.9 Å². The Bertz CT molecular complexity index is 938. The highest BCUT2D eigenvalue weighted by Gasteiger charge is 2.32. The Kier molecular flexibility index (Phi) is 5.48. The fraction of sp³-hybridized carbons (Fsp3) is 0.211. The average molecular weight is 436 g/mol. The van der Waals surface area contributed by atoms with Gasteiger partial charge in [-0.2, -0.15) is 0 Å². The normalized spacial score (nSPS) is 17.8. The second kappa shape index (κ2) is 7.63. The van der Waals surface area contributed by atoms with Gasteiger partial charge in [0.05, 0.1) is 18.4 Å². The van der Waals surface area contributed by atoms with Crippen LogP contribution in [0.4, 0.5) is 5.69 Å². The zero-order valence-corrected chi connectivity index (χ0v) is 16.5. The lowest BCUT2D eigenvalue weighted by molar-refractivity contribution is 0.0983. The molecule has 2 aromatic carbocycles. The van der Waals surface area contributed by atoms with Crippen molar-refractivity contribution in [1.82, 2.24) is 0 Å². The van der Waals surface area contributed by atoms with Gasteiger partial charge < -0.3 is 9.64 Å². The molecule has 0 spiro atoms. The van der Waals surface area contributed by atoms with E-state index in [-0.39, 0.29) is 11.7 Å². The van der Waals surface area contributed by atoms with Gasteiger partial charge in [-0.3, -0.25) is 4.79 Å². The highest BCUT2D eigenvalue weighted by Crippen LogP contribution is 2.27. The summed E-state index contributed by atoms with van der Waals surface area (Å²) in [6.07, 6.45) is 1.56. The Labute approximate surface area is 161 Å². The molecule has 1 amide bonds. The summed E-state index contributed by atoms with van der Waals surface area (Å²) < 4.78 is 30.0. The van der Waals surface area contributed by atoms with Crippen LogP contribution in [0.3, 0.4) is 0 Å². The largest absolute Gasteiger partial charge is 0.494 e. The van der Waals surface area contributed by atoms with Crippen LogP contribution in [-0.4, -0.2) is 32.7 Å². The standard InChI is InChI=1S/C19H18BrNO4S/c1-2-25-18-8-6-16(7-9-18)21(17-10-11-26(23,24)13-17)19(22)14-4-3-5-15(20)12-14/h3-12,17H,2,13H2,1H3/t17-/m1/s1. The second-order valence-corrected chi connectivity index (χ2v) is 8.68. The molecule has 0 bridgehead atoms. The maximum absolute atomic E-state index is 13.2. The summed E-state index contributed by atoms with van der Waals surface area (Å²) in [5.74, 6) is 0.308. The molecule has 0 saturated heterocycles. The number of nitrogens with zero attached hydrogens (tertiary/aromatic N) is 1. The lowest BCUT2D eigenvalue weighted by Gasteiger charge is -2.28. The van der Waals surface area contributed by atoms with Crippen molar-refractivity contribution in [3.63, 3.8) is 0 Å². The minimum absolute atomic E-state index is 0.125.